The molecule has 1 amide bonds. The number of Topliss-reactive ketones (excluding diaryl/α,β-unsaturated/α-hetero) is 1. The minimum absolute atomic E-state index is 0.0473. The van der Waals surface area contributed by atoms with Crippen molar-refractivity contribution in [2.45, 2.75) is 31.6 Å². The van der Waals surface area contributed by atoms with E-state index in [-0.39, 0.29) is 17.1 Å². The number of hydrogen-bond acceptors (Lipinski definition) is 2. The van der Waals surface area contributed by atoms with E-state index in [0.29, 0.717) is 19.4 Å². The molecule has 1 aliphatic carbocycles. The summed E-state index contributed by atoms with van der Waals surface area (Å²) in [6.45, 7) is 2.72. The Labute approximate surface area is 135 Å². The van der Waals surface area contributed by atoms with E-state index in [2.05, 4.69) is 36.5 Å². The number of ketones is 1. The highest BCUT2D eigenvalue weighted by Crippen LogP contribution is 2.44. The Hall–Kier alpha value is -2.42. The highest BCUT2D eigenvalue weighted by atomic mass is 16.2. The minimum atomic E-state index is -0.313. The van der Waals surface area contributed by atoms with Gasteiger partial charge in [0.2, 0.25) is 5.91 Å². The van der Waals surface area contributed by atoms with E-state index in [1.165, 1.54) is 11.1 Å². The number of amides is 1. The van der Waals surface area contributed by atoms with Gasteiger partial charge in [0.05, 0.1) is 0 Å². The lowest BCUT2D eigenvalue weighted by molar-refractivity contribution is -0.119. The van der Waals surface area contributed by atoms with Gasteiger partial charge in [-0.1, -0.05) is 43.3 Å². The van der Waals surface area contributed by atoms with Crippen molar-refractivity contribution in [1.29, 1.82) is 0 Å². The molecule has 2 aromatic rings. The van der Waals surface area contributed by atoms with Gasteiger partial charge in [-0.05, 0) is 34.7 Å². The van der Waals surface area contributed by atoms with Crippen LogP contribution >= 0.6 is 0 Å². The molecule has 1 unspecified atom stereocenters. The molecular formula is C20H19NO2. The third kappa shape index (κ3) is 2.11. The molecule has 2 aliphatic rings. The summed E-state index contributed by atoms with van der Waals surface area (Å²) in [4.78, 5) is 24.2. The summed E-state index contributed by atoms with van der Waals surface area (Å²) in [5, 5.41) is 2.89. The monoisotopic (exact) mass is 305 g/mol. The molecule has 1 fully saturated rings. The van der Waals surface area contributed by atoms with Crippen molar-refractivity contribution in [3.63, 3.8) is 0 Å². The van der Waals surface area contributed by atoms with Crippen molar-refractivity contribution in [3.8, 4) is 11.1 Å². The Bertz CT molecular complexity index is 824. The smallest absolute Gasteiger partial charge is 0.221 e. The van der Waals surface area contributed by atoms with E-state index in [4.69, 9.17) is 0 Å². The van der Waals surface area contributed by atoms with Crippen LogP contribution in [-0.4, -0.2) is 18.2 Å². The average Bonchev–Trinajstić information content (AvgIpc) is 3.07. The van der Waals surface area contributed by atoms with Crippen LogP contribution in [0.4, 0.5) is 0 Å². The van der Waals surface area contributed by atoms with Gasteiger partial charge in [-0.15, -0.1) is 0 Å². The molecule has 1 N–H and O–H groups in total. The zero-order chi connectivity index (χ0) is 16.0. The summed E-state index contributed by atoms with van der Waals surface area (Å²) in [5.74, 6) is 0.207. The predicted molar refractivity (Wildman–Crippen MR) is 89.5 cm³/mol. The highest BCUT2D eigenvalue weighted by Gasteiger charge is 2.48. The van der Waals surface area contributed by atoms with Crippen LogP contribution in [0.2, 0.25) is 0 Å². The Kier molecular flexibility index (Phi) is 3.12. The second-order valence-electron chi connectivity index (χ2n) is 6.60. The van der Waals surface area contributed by atoms with Crippen molar-refractivity contribution in [3.05, 3.63) is 59.2 Å². The van der Waals surface area contributed by atoms with Crippen LogP contribution in [0.3, 0.4) is 0 Å². The van der Waals surface area contributed by atoms with E-state index < -0.39 is 0 Å². The maximum absolute atomic E-state index is 12.5. The first kappa shape index (κ1) is 14.2. The zero-order valence-corrected chi connectivity index (χ0v) is 13.2. The van der Waals surface area contributed by atoms with Crippen LogP contribution in [0.15, 0.2) is 42.5 Å². The van der Waals surface area contributed by atoms with Crippen LogP contribution in [0, 0.1) is 0 Å². The first-order chi connectivity index (χ1) is 11.1. The van der Waals surface area contributed by atoms with Gasteiger partial charge in [0.1, 0.15) is 0 Å². The molecule has 1 aliphatic heterocycles. The summed E-state index contributed by atoms with van der Waals surface area (Å²) >= 11 is 0. The average molecular weight is 305 g/mol. The maximum atomic E-state index is 12.5. The fourth-order valence-electron chi connectivity index (χ4n) is 4.03. The standard InChI is InChI=1S/C20H19NO2/c1-2-13-5-3-4-6-15(13)14-7-8-17-16(9-14)18(22)10-20(17)11-19(23)21-12-20/h3-9H,2,10-12H2,1H3,(H,21,23). The maximum Gasteiger partial charge on any atom is 0.221 e. The Morgan fingerprint density at radius 2 is 1.87 bits per heavy atom. The van der Waals surface area contributed by atoms with E-state index in [1.54, 1.807) is 0 Å². The molecule has 0 aromatic heterocycles. The lowest BCUT2D eigenvalue weighted by atomic mass is 9.80. The Balaban J connectivity index is 1.82. The number of aryl methyl sites for hydroxylation is 1. The summed E-state index contributed by atoms with van der Waals surface area (Å²) in [6, 6.07) is 14.5. The lowest BCUT2D eigenvalue weighted by Crippen LogP contribution is -2.26. The zero-order valence-electron chi connectivity index (χ0n) is 13.2. The molecule has 116 valence electrons. The predicted octanol–water partition coefficient (Wildman–Crippen LogP) is 3.26. The fourth-order valence-corrected chi connectivity index (χ4v) is 4.03. The number of carbonyl (C=O) groups is 2. The molecule has 23 heavy (non-hydrogen) atoms. The van der Waals surface area contributed by atoms with Crippen LogP contribution < -0.4 is 5.32 Å². The third-order valence-electron chi connectivity index (χ3n) is 5.22. The topological polar surface area (TPSA) is 46.2 Å². The van der Waals surface area contributed by atoms with Crippen molar-refractivity contribution < 1.29 is 9.59 Å². The van der Waals surface area contributed by atoms with Gasteiger partial charge in [-0.25, -0.2) is 0 Å². The second-order valence-corrected chi connectivity index (χ2v) is 6.60. The molecule has 0 bridgehead atoms. The molecule has 0 radical (unpaired) electrons. The molecule has 3 nitrogen and oxygen atoms in total. The number of nitrogens with one attached hydrogen (secondary N) is 1. The Morgan fingerprint density at radius 1 is 1.04 bits per heavy atom. The van der Waals surface area contributed by atoms with Crippen LogP contribution in [0.25, 0.3) is 11.1 Å². The minimum Gasteiger partial charge on any atom is -0.355 e. The molecule has 2 aromatic carbocycles. The summed E-state index contributed by atoms with van der Waals surface area (Å²) < 4.78 is 0. The van der Waals surface area contributed by atoms with E-state index in [0.717, 1.165) is 23.1 Å². The van der Waals surface area contributed by atoms with Crippen molar-refractivity contribution in [2.24, 2.45) is 0 Å². The quantitative estimate of drug-likeness (QED) is 0.925. The molecule has 1 saturated heterocycles. The number of hydrogen-bond donors (Lipinski definition) is 1. The van der Waals surface area contributed by atoms with Gasteiger partial charge in [-0.2, -0.15) is 0 Å². The summed E-state index contributed by atoms with van der Waals surface area (Å²) in [5.41, 5.74) is 5.08. The number of benzene rings is 2. The normalized spacial score (nSPS) is 22.5. The van der Waals surface area contributed by atoms with E-state index in [9.17, 15) is 9.59 Å². The first-order valence-electron chi connectivity index (χ1n) is 8.16. The molecule has 4 rings (SSSR count). The highest BCUT2D eigenvalue weighted by molar-refractivity contribution is 6.04. The van der Waals surface area contributed by atoms with Gasteiger partial charge in [0.25, 0.3) is 0 Å². The van der Waals surface area contributed by atoms with Gasteiger partial charge >= 0.3 is 0 Å². The first-order valence-corrected chi connectivity index (χ1v) is 8.16. The fraction of sp³-hybridized carbons (Fsp3) is 0.300. The molecule has 0 saturated carbocycles. The van der Waals surface area contributed by atoms with Gasteiger partial charge in [0, 0.05) is 30.4 Å². The molecule has 1 heterocycles. The number of carbonyl (C=O) groups excluding carboxylic acids is 2. The van der Waals surface area contributed by atoms with Crippen LogP contribution in [0.1, 0.15) is 41.3 Å². The summed E-state index contributed by atoms with van der Waals surface area (Å²) in [6.07, 6.45) is 1.83. The molecule has 1 atom stereocenters. The number of fused-ring (bicyclic) bond motifs is 2. The van der Waals surface area contributed by atoms with Crippen molar-refractivity contribution in [2.75, 3.05) is 6.54 Å². The van der Waals surface area contributed by atoms with E-state index in [1.807, 2.05) is 18.2 Å². The second kappa shape index (κ2) is 5.05. The molecule has 1 spiro atoms. The third-order valence-corrected chi connectivity index (χ3v) is 5.22. The van der Waals surface area contributed by atoms with Gasteiger partial charge in [0.15, 0.2) is 5.78 Å². The Morgan fingerprint density at radius 3 is 2.61 bits per heavy atom. The van der Waals surface area contributed by atoms with Gasteiger partial charge < -0.3 is 5.32 Å². The molecule has 3 heteroatoms. The van der Waals surface area contributed by atoms with Crippen molar-refractivity contribution >= 4 is 11.7 Å². The van der Waals surface area contributed by atoms with Crippen molar-refractivity contribution in [1.82, 2.24) is 5.32 Å². The summed E-state index contributed by atoms with van der Waals surface area (Å²) in [7, 11) is 0. The van der Waals surface area contributed by atoms with Crippen LogP contribution in [0.5, 0.6) is 0 Å². The SMILES string of the molecule is CCc1ccccc1-c1ccc2c(c1)C(=O)CC21CNC(=O)C1. The number of rotatable bonds is 2. The van der Waals surface area contributed by atoms with Crippen LogP contribution in [-0.2, 0) is 16.6 Å². The van der Waals surface area contributed by atoms with E-state index >= 15 is 0 Å². The van der Waals surface area contributed by atoms with Gasteiger partial charge in [-0.3, -0.25) is 9.59 Å². The molecular weight excluding hydrogens is 286 g/mol. The largest absolute Gasteiger partial charge is 0.355 e. The lowest BCUT2D eigenvalue weighted by Gasteiger charge is -2.21.